The average molecular weight is 222 g/mol. The van der Waals surface area contributed by atoms with E-state index in [9.17, 15) is 4.79 Å². The third-order valence-electron chi connectivity index (χ3n) is 3.29. The van der Waals surface area contributed by atoms with Gasteiger partial charge in [0.1, 0.15) is 0 Å². The maximum absolute atomic E-state index is 12.0. The van der Waals surface area contributed by atoms with Crippen molar-refractivity contribution in [1.29, 1.82) is 5.26 Å². The van der Waals surface area contributed by atoms with Gasteiger partial charge in [-0.2, -0.15) is 5.26 Å². The Bertz CT molecular complexity index is 251. The molecule has 0 atom stereocenters. The first kappa shape index (κ1) is 13.0. The molecule has 1 amide bonds. The van der Waals surface area contributed by atoms with Gasteiger partial charge in [-0.15, -0.1) is 0 Å². The van der Waals surface area contributed by atoms with Crippen molar-refractivity contribution in [3.63, 3.8) is 0 Å². The minimum absolute atomic E-state index is 0.254. The molecule has 0 aromatic carbocycles. The van der Waals surface area contributed by atoms with Crippen LogP contribution in [-0.2, 0) is 4.79 Å². The molecule has 1 aliphatic rings. The zero-order chi connectivity index (χ0) is 11.8. The van der Waals surface area contributed by atoms with Crippen molar-refractivity contribution in [3.8, 4) is 6.07 Å². The fraction of sp³-hybridized carbons (Fsp3) is 0.846. The van der Waals surface area contributed by atoms with Gasteiger partial charge < -0.3 is 4.90 Å². The fourth-order valence-electron chi connectivity index (χ4n) is 2.37. The Morgan fingerprint density at radius 2 is 2.12 bits per heavy atom. The van der Waals surface area contributed by atoms with Gasteiger partial charge in [0.15, 0.2) is 0 Å². The highest BCUT2D eigenvalue weighted by atomic mass is 16.2. The summed E-state index contributed by atoms with van der Waals surface area (Å²) in [5.74, 6) is 0.254. The normalized spacial score (nSPS) is 16.0. The molecule has 0 N–H and O–H groups in total. The topological polar surface area (TPSA) is 44.1 Å². The summed E-state index contributed by atoms with van der Waals surface area (Å²) in [7, 11) is 0. The maximum Gasteiger partial charge on any atom is 0.222 e. The van der Waals surface area contributed by atoms with E-state index in [1.807, 2.05) is 4.90 Å². The largest absolute Gasteiger partial charge is 0.339 e. The lowest BCUT2D eigenvalue weighted by atomic mass is 10.1. The molecule has 1 fully saturated rings. The standard InChI is InChI=1S/C13H22N2O/c1-2-3-9-13(16)15(11-6-10-14)12-7-4-5-8-12/h12H,2-9,11H2,1H3. The van der Waals surface area contributed by atoms with Gasteiger partial charge in [-0.05, 0) is 19.3 Å². The number of hydrogen-bond acceptors (Lipinski definition) is 2. The average Bonchev–Trinajstić information content (AvgIpc) is 2.80. The molecule has 0 unspecified atom stereocenters. The fourth-order valence-corrected chi connectivity index (χ4v) is 2.37. The van der Waals surface area contributed by atoms with Crippen LogP contribution in [0.1, 0.15) is 58.3 Å². The lowest BCUT2D eigenvalue weighted by Gasteiger charge is -2.28. The second-order valence-corrected chi connectivity index (χ2v) is 4.54. The van der Waals surface area contributed by atoms with Crippen LogP contribution in [0.5, 0.6) is 0 Å². The first-order valence-corrected chi connectivity index (χ1v) is 6.46. The Hall–Kier alpha value is -1.04. The number of carbonyl (C=O) groups excluding carboxylic acids is 1. The summed E-state index contributed by atoms with van der Waals surface area (Å²) in [5.41, 5.74) is 0. The molecular weight excluding hydrogens is 200 g/mol. The molecule has 1 saturated carbocycles. The van der Waals surface area contributed by atoms with Gasteiger partial charge in [-0.1, -0.05) is 26.2 Å². The van der Waals surface area contributed by atoms with Crippen molar-refractivity contribution >= 4 is 5.91 Å². The Morgan fingerprint density at radius 1 is 1.44 bits per heavy atom. The molecule has 0 aromatic rings. The first-order chi connectivity index (χ1) is 7.79. The molecule has 0 bridgehead atoms. The van der Waals surface area contributed by atoms with Gasteiger partial charge in [0.05, 0.1) is 12.5 Å². The number of unbranched alkanes of at least 4 members (excludes halogenated alkanes) is 1. The molecule has 0 radical (unpaired) electrons. The van der Waals surface area contributed by atoms with E-state index in [4.69, 9.17) is 5.26 Å². The van der Waals surface area contributed by atoms with E-state index in [-0.39, 0.29) is 5.91 Å². The predicted molar refractivity (Wildman–Crippen MR) is 63.7 cm³/mol. The molecule has 1 aliphatic carbocycles. The van der Waals surface area contributed by atoms with Gasteiger partial charge in [0.2, 0.25) is 5.91 Å². The van der Waals surface area contributed by atoms with Gasteiger partial charge in [-0.3, -0.25) is 4.79 Å². The van der Waals surface area contributed by atoms with Crippen LogP contribution in [0.4, 0.5) is 0 Å². The van der Waals surface area contributed by atoms with Gasteiger partial charge in [-0.25, -0.2) is 0 Å². The van der Waals surface area contributed by atoms with E-state index in [1.165, 1.54) is 12.8 Å². The highest BCUT2D eigenvalue weighted by Gasteiger charge is 2.25. The van der Waals surface area contributed by atoms with E-state index >= 15 is 0 Å². The lowest BCUT2D eigenvalue weighted by molar-refractivity contribution is -0.133. The van der Waals surface area contributed by atoms with Crippen molar-refractivity contribution in [2.24, 2.45) is 0 Å². The van der Waals surface area contributed by atoms with Gasteiger partial charge in [0, 0.05) is 19.0 Å². The Balaban J connectivity index is 2.48. The zero-order valence-electron chi connectivity index (χ0n) is 10.2. The van der Waals surface area contributed by atoms with Crippen LogP contribution in [0.25, 0.3) is 0 Å². The van der Waals surface area contributed by atoms with Crippen LogP contribution < -0.4 is 0 Å². The third kappa shape index (κ3) is 3.84. The third-order valence-corrected chi connectivity index (χ3v) is 3.29. The summed E-state index contributed by atoms with van der Waals surface area (Å²) < 4.78 is 0. The molecule has 1 rings (SSSR count). The molecule has 90 valence electrons. The molecule has 16 heavy (non-hydrogen) atoms. The molecule has 0 spiro atoms. The van der Waals surface area contributed by atoms with Crippen LogP contribution in [0.2, 0.25) is 0 Å². The van der Waals surface area contributed by atoms with E-state index < -0.39 is 0 Å². The molecule has 0 saturated heterocycles. The Labute approximate surface area is 98.4 Å². The monoisotopic (exact) mass is 222 g/mol. The smallest absolute Gasteiger partial charge is 0.222 e. The van der Waals surface area contributed by atoms with E-state index in [2.05, 4.69) is 13.0 Å². The highest BCUT2D eigenvalue weighted by Crippen LogP contribution is 2.24. The minimum Gasteiger partial charge on any atom is -0.339 e. The first-order valence-electron chi connectivity index (χ1n) is 6.46. The summed E-state index contributed by atoms with van der Waals surface area (Å²) in [6.45, 7) is 2.73. The molecule has 3 heteroatoms. The highest BCUT2D eigenvalue weighted by molar-refractivity contribution is 5.76. The minimum atomic E-state index is 0.254. The predicted octanol–water partition coefficient (Wildman–Crippen LogP) is 2.86. The summed E-state index contributed by atoms with van der Waals surface area (Å²) in [4.78, 5) is 14.0. The number of amides is 1. The van der Waals surface area contributed by atoms with E-state index in [0.717, 1.165) is 25.7 Å². The Morgan fingerprint density at radius 3 is 2.69 bits per heavy atom. The molecule has 0 aromatic heterocycles. The zero-order valence-corrected chi connectivity index (χ0v) is 10.2. The SMILES string of the molecule is CCCCC(=O)N(CCC#N)C1CCCC1. The summed E-state index contributed by atoms with van der Waals surface area (Å²) >= 11 is 0. The van der Waals surface area contributed by atoms with Crippen molar-refractivity contribution in [3.05, 3.63) is 0 Å². The number of nitrogens with zero attached hydrogens (tertiary/aromatic N) is 2. The van der Waals surface area contributed by atoms with Crippen LogP contribution in [0.15, 0.2) is 0 Å². The van der Waals surface area contributed by atoms with Gasteiger partial charge >= 0.3 is 0 Å². The van der Waals surface area contributed by atoms with Crippen LogP contribution >= 0.6 is 0 Å². The summed E-state index contributed by atoms with van der Waals surface area (Å²) in [5, 5.41) is 8.63. The van der Waals surface area contributed by atoms with Crippen molar-refractivity contribution in [1.82, 2.24) is 4.90 Å². The van der Waals surface area contributed by atoms with E-state index in [0.29, 0.717) is 25.4 Å². The van der Waals surface area contributed by atoms with Crippen LogP contribution in [0.3, 0.4) is 0 Å². The molecule has 0 aliphatic heterocycles. The lowest BCUT2D eigenvalue weighted by Crippen LogP contribution is -2.39. The Kier molecular flexibility index (Phi) is 5.92. The van der Waals surface area contributed by atoms with Gasteiger partial charge in [0.25, 0.3) is 0 Å². The van der Waals surface area contributed by atoms with Crippen molar-refractivity contribution in [2.75, 3.05) is 6.54 Å². The number of rotatable bonds is 6. The maximum atomic E-state index is 12.0. The quantitative estimate of drug-likeness (QED) is 0.693. The summed E-state index contributed by atoms with van der Waals surface area (Å²) in [6.07, 6.45) is 7.86. The van der Waals surface area contributed by atoms with Crippen LogP contribution in [-0.4, -0.2) is 23.4 Å². The molecule has 3 nitrogen and oxygen atoms in total. The van der Waals surface area contributed by atoms with Crippen LogP contribution in [0, 0.1) is 11.3 Å². The summed E-state index contributed by atoms with van der Waals surface area (Å²) in [6, 6.07) is 2.55. The number of hydrogen-bond donors (Lipinski definition) is 0. The molecular formula is C13H22N2O. The second-order valence-electron chi connectivity index (χ2n) is 4.54. The van der Waals surface area contributed by atoms with Crippen molar-refractivity contribution < 1.29 is 4.79 Å². The van der Waals surface area contributed by atoms with Crippen molar-refractivity contribution in [2.45, 2.75) is 64.3 Å². The molecule has 0 heterocycles. The number of nitriles is 1. The second kappa shape index (κ2) is 7.27. The van der Waals surface area contributed by atoms with E-state index in [1.54, 1.807) is 0 Å². The number of carbonyl (C=O) groups is 1.